The second-order valence-corrected chi connectivity index (χ2v) is 4.44. The van der Waals surface area contributed by atoms with Crippen molar-refractivity contribution in [1.82, 2.24) is 25.3 Å². The molecule has 5 heteroatoms. The molecule has 2 aromatic rings. The summed E-state index contributed by atoms with van der Waals surface area (Å²) in [5.41, 5.74) is 3.30. The van der Waals surface area contributed by atoms with Gasteiger partial charge in [0.15, 0.2) is 0 Å². The van der Waals surface area contributed by atoms with Crippen LogP contribution in [-0.4, -0.2) is 26.5 Å². The number of aromatic nitrogens is 4. The van der Waals surface area contributed by atoms with Gasteiger partial charge in [-0.15, -0.1) is 5.10 Å². The normalized spacial score (nSPS) is 12.6. The molecule has 0 saturated heterocycles. The fourth-order valence-electron chi connectivity index (χ4n) is 1.94. The van der Waals surface area contributed by atoms with Crippen molar-refractivity contribution >= 4 is 0 Å². The Kier molecular flexibility index (Phi) is 4.04. The van der Waals surface area contributed by atoms with Crippen LogP contribution < -0.4 is 5.32 Å². The topological polar surface area (TPSA) is 55.6 Å². The van der Waals surface area contributed by atoms with Gasteiger partial charge in [0.1, 0.15) is 5.69 Å². The SMILES string of the molecule is CCCNC(c1cn(C)nn1)c1cnccc1C. The maximum Gasteiger partial charge on any atom is 0.104 e. The summed E-state index contributed by atoms with van der Waals surface area (Å²) in [7, 11) is 1.88. The predicted octanol–water partition coefficient (Wildman–Crippen LogP) is 1.61. The molecule has 2 rings (SSSR count). The average Bonchev–Trinajstić information content (AvgIpc) is 2.78. The van der Waals surface area contributed by atoms with E-state index in [0.717, 1.165) is 24.2 Å². The van der Waals surface area contributed by atoms with Gasteiger partial charge >= 0.3 is 0 Å². The van der Waals surface area contributed by atoms with Crippen LogP contribution >= 0.6 is 0 Å². The van der Waals surface area contributed by atoms with Crippen LogP contribution in [0.1, 0.15) is 36.2 Å². The van der Waals surface area contributed by atoms with Crippen molar-refractivity contribution in [1.29, 1.82) is 0 Å². The van der Waals surface area contributed by atoms with E-state index in [4.69, 9.17) is 0 Å². The van der Waals surface area contributed by atoms with Gasteiger partial charge in [-0.1, -0.05) is 12.1 Å². The Balaban J connectivity index is 2.33. The zero-order chi connectivity index (χ0) is 13.0. The Morgan fingerprint density at radius 2 is 2.28 bits per heavy atom. The molecule has 0 radical (unpaired) electrons. The number of nitrogens with zero attached hydrogens (tertiary/aromatic N) is 4. The lowest BCUT2D eigenvalue weighted by atomic mass is 10.0. The Labute approximate surface area is 107 Å². The summed E-state index contributed by atoms with van der Waals surface area (Å²) in [6, 6.07) is 2.08. The molecule has 0 aromatic carbocycles. The molecule has 0 aliphatic carbocycles. The van der Waals surface area contributed by atoms with Crippen LogP contribution in [0.5, 0.6) is 0 Å². The first kappa shape index (κ1) is 12.7. The second kappa shape index (κ2) is 5.73. The Hall–Kier alpha value is -1.75. The van der Waals surface area contributed by atoms with Gasteiger partial charge in [0.05, 0.1) is 12.2 Å². The highest BCUT2D eigenvalue weighted by Crippen LogP contribution is 2.22. The summed E-state index contributed by atoms with van der Waals surface area (Å²) in [5, 5.41) is 11.7. The molecular weight excluding hydrogens is 226 g/mol. The molecular formula is C13H19N5. The van der Waals surface area contributed by atoms with E-state index in [2.05, 4.69) is 34.5 Å². The van der Waals surface area contributed by atoms with Crippen molar-refractivity contribution in [2.75, 3.05) is 6.54 Å². The number of rotatable bonds is 5. The molecule has 18 heavy (non-hydrogen) atoms. The minimum atomic E-state index is 0.0624. The maximum atomic E-state index is 4.21. The lowest BCUT2D eigenvalue weighted by Gasteiger charge is -2.17. The molecule has 5 nitrogen and oxygen atoms in total. The van der Waals surface area contributed by atoms with E-state index >= 15 is 0 Å². The molecule has 96 valence electrons. The summed E-state index contributed by atoms with van der Waals surface area (Å²) in [6.07, 6.45) is 6.74. The van der Waals surface area contributed by atoms with Crippen molar-refractivity contribution < 1.29 is 0 Å². The third-order valence-corrected chi connectivity index (χ3v) is 2.91. The number of aryl methyl sites for hydroxylation is 2. The second-order valence-electron chi connectivity index (χ2n) is 4.44. The maximum absolute atomic E-state index is 4.21. The molecule has 2 aromatic heterocycles. The molecule has 0 spiro atoms. The van der Waals surface area contributed by atoms with E-state index in [1.807, 2.05) is 31.7 Å². The molecule has 0 amide bonds. The van der Waals surface area contributed by atoms with Crippen molar-refractivity contribution in [2.45, 2.75) is 26.3 Å². The highest BCUT2D eigenvalue weighted by atomic mass is 15.4. The van der Waals surface area contributed by atoms with Crippen LogP contribution in [0.4, 0.5) is 0 Å². The molecule has 1 N–H and O–H groups in total. The fraction of sp³-hybridized carbons (Fsp3) is 0.462. The van der Waals surface area contributed by atoms with Gasteiger partial charge in [-0.3, -0.25) is 9.67 Å². The van der Waals surface area contributed by atoms with E-state index in [1.165, 1.54) is 5.56 Å². The van der Waals surface area contributed by atoms with Crippen LogP contribution in [0.25, 0.3) is 0 Å². The Morgan fingerprint density at radius 1 is 1.44 bits per heavy atom. The molecule has 0 aliphatic heterocycles. The van der Waals surface area contributed by atoms with E-state index in [9.17, 15) is 0 Å². The van der Waals surface area contributed by atoms with Gasteiger partial charge in [0.25, 0.3) is 0 Å². The van der Waals surface area contributed by atoms with E-state index in [1.54, 1.807) is 4.68 Å². The van der Waals surface area contributed by atoms with E-state index < -0.39 is 0 Å². The molecule has 1 atom stereocenters. The zero-order valence-corrected chi connectivity index (χ0v) is 11.1. The molecule has 0 saturated carbocycles. The summed E-state index contributed by atoms with van der Waals surface area (Å²) < 4.78 is 1.72. The largest absolute Gasteiger partial charge is 0.305 e. The minimum absolute atomic E-state index is 0.0624. The van der Waals surface area contributed by atoms with Crippen molar-refractivity contribution in [3.63, 3.8) is 0 Å². The first-order valence-corrected chi connectivity index (χ1v) is 6.22. The van der Waals surface area contributed by atoms with Gasteiger partial charge in [-0.2, -0.15) is 0 Å². The van der Waals surface area contributed by atoms with Gasteiger partial charge in [0, 0.05) is 19.4 Å². The van der Waals surface area contributed by atoms with Crippen LogP contribution in [0.15, 0.2) is 24.7 Å². The van der Waals surface area contributed by atoms with Crippen LogP contribution in [0, 0.1) is 6.92 Å². The smallest absolute Gasteiger partial charge is 0.104 e. The Bertz CT molecular complexity index is 506. The summed E-state index contributed by atoms with van der Waals surface area (Å²) >= 11 is 0. The quantitative estimate of drug-likeness (QED) is 0.869. The molecule has 0 bridgehead atoms. The highest BCUT2D eigenvalue weighted by Gasteiger charge is 2.18. The van der Waals surface area contributed by atoms with Gasteiger partial charge < -0.3 is 5.32 Å². The third-order valence-electron chi connectivity index (χ3n) is 2.91. The van der Waals surface area contributed by atoms with Crippen LogP contribution in [0.2, 0.25) is 0 Å². The molecule has 2 heterocycles. The monoisotopic (exact) mass is 245 g/mol. The number of hydrogen-bond donors (Lipinski definition) is 1. The summed E-state index contributed by atoms with van der Waals surface area (Å²) in [4.78, 5) is 4.21. The lowest BCUT2D eigenvalue weighted by molar-refractivity contribution is 0.581. The molecule has 0 fully saturated rings. The van der Waals surface area contributed by atoms with Crippen molar-refractivity contribution in [3.8, 4) is 0 Å². The van der Waals surface area contributed by atoms with Crippen LogP contribution in [0.3, 0.4) is 0 Å². The number of pyridine rings is 1. The molecule has 0 aliphatic rings. The Morgan fingerprint density at radius 3 is 2.89 bits per heavy atom. The van der Waals surface area contributed by atoms with E-state index in [-0.39, 0.29) is 6.04 Å². The number of nitrogens with one attached hydrogen (secondary N) is 1. The minimum Gasteiger partial charge on any atom is -0.305 e. The highest BCUT2D eigenvalue weighted by molar-refractivity contribution is 5.30. The number of hydrogen-bond acceptors (Lipinski definition) is 4. The lowest BCUT2D eigenvalue weighted by Crippen LogP contribution is -2.24. The average molecular weight is 245 g/mol. The first-order chi connectivity index (χ1) is 8.72. The van der Waals surface area contributed by atoms with Gasteiger partial charge in [-0.05, 0) is 37.1 Å². The van der Waals surface area contributed by atoms with Crippen molar-refractivity contribution in [2.24, 2.45) is 7.05 Å². The van der Waals surface area contributed by atoms with Crippen molar-refractivity contribution in [3.05, 3.63) is 41.5 Å². The fourth-order valence-corrected chi connectivity index (χ4v) is 1.94. The third kappa shape index (κ3) is 2.73. The predicted molar refractivity (Wildman–Crippen MR) is 70.1 cm³/mol. The van der Waals surface area contributed by atoms with Gasteiger partial charge in [0.2, 0.25) is 0 Å². The summed E-state index contributed by atoms with van der Waals surface area (Å²) in [6.45, 7) is 5.18. The zero-order valence-electron chi connectivity index (χ0n) is 11.1. The standard InChI is InChI=1S/C13H19N5/c1-4-6-15-13(12-9-18(3)17-16-12)11-8-14-7-5-10(11)2/h5,7-9,13,15H,4,6H2,1-3H3. The van der Waals surface area contributed by atoms with E-state index in [0.29, 0.717) is 0 Å². The first-order valence-electron chi connectivity index (χ1n) is 6.22. The van der Waals surface area contributed by atoms with Gasteiger partial charge in [-0.25, -0.2) is 0 Å². The molecule has 1 unspecified atom stereocenters. The summed E-state index contributed by atoms with van der Waals surface area (Å²) in [5.74, 6) is 0. The van der Waals surface area contributed by atoms with Crippen LogP contribution in [-0.2, 0) is 7.05 Å².